The molecule has 4 aromatic rings. The summed E-state index contributed by atoms with van der Waals surface area (Å²) in [7, 11) is 0. The summed E-state index contributed by atoms with van der Waals surface area (Å²) in [5, 5.41) is 7.81. The second kappa shape index (κ2) is 12.6. The molecule has 41 heavy (non-hydrogen) atoms. The Hall–Kier alpha value is -2.81. The number of halogens is 6. The number of thiophene rings is 1. The van der Waals surface area contributed by atoms with Gasteiger partial charge in [0.1, 0.15) is 0 Å². The monoisotopic (exact) mass is 680 g/mol. The van der Waals surface area contributed by atoms with Gasteiger partial charge in [0, 0.05) is 34.6 Å². The van der Waals surface area contributed by atoms with E-state index in [0.717, 1.165) is 49.4 Å². The van der Waals surface area contributed by atoms with Crippen molar-refractivity contribution in [3.8, 4) is 28.1 Å². The van der Waals surface area contributed by atoms with Crippen molar-refractivity contribution in [2.75, 3.05) is 13.1 Å². The fourth-order valence-corrected chi connectivity index (χ4v) is 6.39. The standard InChI is InChI=1S/C29H22BrCl2F3N4OS/c30-17-22-26(28(40)37-38-14-2-1-3-15-38)36-39(24-12-9-20(31)16-23(24)32)27(22)25-13-11-21(41-25)10-6-18-4-7-19(8-5-18)29(33,34)35/h4-5,7-9,11-13,16H,1-3,14-15,17H2,(H,37,40). The van der Waals surface area contributed by atoms with Crippen LogP contribution in [0.25, 0.3) is 16.3 Å². The predicted octanol–water partition coefficient (Wildman–Crippen LogP) is 8.35. The van der Waals surface area contributed by atoms with Gasteiger partial charge in [0.05, 0.1) is 31.7 Å². The number of benzene rings is 2. The second-order valence-corrected chi connectivity index (χ2v) is 11.8. The summed E-state index contributed by atoms with van der Waals surface area (Å²) < 4.78 is 40.3. The maximum Gasteiger partial charge on any atom is 0.416 e. The van der Waals surface area contributed by atoms with Crippen LogP contribution < -0.4 is 5.43 Å². The van der Waals surface area contributed by atoms with Gasteiger partial charge in [0.2, 0.25) is 0 Å². The zero-order valence-corrected chi connectivity index (χ0v) is 25.3. The van der Waals surface area contributed by atoms with Crippen LogP contribution in [0, 0.1) is 11.8 Å². The van der Waals surface area contributed by atoms with E-state index in [4.69, 9.17) is 28.3 Å². The molecule has 0 radical (unpaired) electrons. The minimum absolute atomic E-state index is 0.263. The van der Waals surface area contributed by atoms with Gasteiger partial charge in [-0.2, -0.15) is 18.3 Å². The Morgan fingerprint density at radius 1 is 1.02 bits per heavy atom. The molecular weight excluding hydrogens is 660 g/mol. The Bertz CT molecular complexity index is 1630. The molecule has 3 heterocycles. The summed E-state index contributed by atoms with van der Waals surface area (Å²) in [4.78, 5) is 14.9. The summed E-state index contributed by atoms with van der Waals surface area (Å²) in [5.41, 5.74) is 4.89. The Kier molecular flexibility index (Phi) is 9.12. The lowest BCUT2D eigenvalue weighted by Crippen LogP contribution is -2.45. The molecule has 1 amide bonds. The van der Waals surface area contributed by atoms with Crippen molar-refractivity contribution in [3.05, 3.63) is 91.9 Å². The summed E-state index contributed by atoms with van der Waals surface area (Å²) >= 11 is 17.6. The van der Waals surface area contributed by atoms with Gasteiger partial charge < -0.3 is 0 Å². The first-order valence-electron chi connectivity index (χ1n) is 12.6. The van der Waals surface area contributed by atoms with Crippen molar-refractivity contribution >= 4 is 56.4 Å². The molecule has 12 heteroatoms. The third-order valence-corrected chi connectivity index (χ3v) is 8.57. The molecule has 1 aliphatic heterocycles. The lowest BCUT2D eigenvalue weighted by molar-refractivity contribution is -0.137. The van der Waals surface area contributed by atoms with Crippen molar-refractivity contribution < 1.29 is 18.0 Å². The third-order valence-electron chi connectivity index (χ3n) is 6.47. The van der Waals surface area contributed by atoms with Crippen LogP contribution in [0.2, 0.25) is 10.0 Å². The van der Waals surface area contributed by atoms with Gasteiger partial charge in [-0.05, 0) is 67.4 Å². The number of piperidine rings is 1. The number of hydrogen-bond acceptors (Lipinski definition) is 4. The summed E-state index contributed by atoms with van der Waals surface area (Å²) in [6.07, 6.45) is -1.25. The van der Waals surface area contributed by atoms with Crippen molar-refractivity contribution in [1.82, 2.24) is 20.2 Å². The number of hydrogen-bond donors (Lipinski definition) is 1. The Morgan fingerprint density at radius 3 is 2.41 bits per heavy atom. The van der Waals surface area contributed by atoms with E-state index in [-0.39, 0.29) is 11.6 Å². The first-order valence-corrected chi connectivity index (χ1v) is 15.3. The number of alkyl halides is 4. The molecule has 2 aromatic carbocycles. The zero-order valence-electron chi connectivity index (χ0n) is 21.4. The quantitative estimate of drug-likeness (QED) is 0.170. The molecule has 1 N–H and O–H groups in total. The van der Waals surface area contributed by atoms with Gasteiger partial charge in [-0.15, -0.1) is 11.3 Å². The molecular formula is C29H22BrCl2F3N4OS. The molecule has 0 spiro atoms. The van der Waals surface area contributed by atoms with Crippen LogP contribution >= 0.6 is 50.5 Å². The molecule has 1 aliphatic rings. The van der Waals surface area contributed by atoms with Crippen LogP contribution in [0.3, 0.4) is 0 Å². The number of nitrogens with zero attached hydrogens (tertiary/aromatic N) is 3. The lowest BCUT2D eigenvalue weighted by atomic mass is 10.1. The van der Waals surface area contributed by atoms with Crippen molar-refractivity contribution in [1.29, 1.82) is 0 Å². The van der Waals surface area contributed by atoms with E-state index in [2.05, 4.69) is 33.2 Å². The third kappa shape index (κ3) is 6.82. The van der Waals surface area contributed by atoms with Crippen LogP contribution in [0.1, 0.15) is 51.3 Å². The zero-order chi connectivity index (χ0) is 29.1. The Morgan fingerprint density at radius 2 is 1.76 bits per heavy atom. The van der Waals surface area contributed by atoms with Crippen LogP contribution in [0.4, 0.5) is 13.2 Å². The number of carbonyl (C=O) groups is 1. The fourth-order valence-electron chi connectivity index (χ4n) is 4.45. The summed E-state index contributed by atoms with van der Waals surface area (Å²) in [6, 6.07) is 13.5. The fraction of sp³-hybridized carbons (Fsp3) is 0.241. The van der Waals surface area contributed by atoms with Gasteiger partial charge in [-0.1, -0.05) is 57.4 Å². The van der Waals surface area contributed by atoms with Gasteiger partial charge in [0.25, 0.3) is 5.91 Å². The maximum atomic E-state index is 13.4. The molecule has 212 valence electrons. The molecule has 5 nitrogen and oxygen atoms in total. The van der Waals surface area contributed by atoms with E-state index in [9.17, 15) is 18.0 Å². The first-order chi connectivity index (χ1) is 19.6. The number of rotatable bonds is 5. The van der Waals surface area contributed by atoms with E-state index in [0.29, 0.717) is 42.8 Å². The van der Waals surface area contributed by atoms with Crippen LogP contribution in [-0.4, -0.2) is 33.8 Å². The normalized spacial score (nSPS) is 14.0. The molecule has 0 saturated carbocycles. The Balaban J connectivity index is 1.53. The van der Waals surface area contributed by atoms with Crippen molar-refractivity contribution in [2.24, 2.45) is 0 Å². The van der Waals surface area contributed by atoms with Crippen LogP contribution in [0.5, 0.6) is 0 Å². The van der Waals surface area contributed by atoms with E-state index < -0.39 is 11.7 Å². The minimum Gasteiger partial charge on any atom is -0.283 e. The number of carbonyl (C=O) groups excluding carboxylic acids is 1. The molecule has 1 saturated heterocycles. The highest BCUT2D eigenvalue weighted by atomic mass is 79.9. The number of nitrogens with one attached hydrogen (secondary N) is 1. The average Bonchev–Trinajstić information content (AvgIpc) is 3.57. The molecule has 0 atom stereocenters. The smallest absolute Gasteiger partial charge is 0.283 e. The first kappa shape index (κ1) is 29.7. The Labute approximate surface area is 257 Å². The topological polar surface area (TPSA) is 50.2 Å². The molecule has 0 bridgehead atoms. The van der Waals surface area contributed by atoms with Crippen molar-refractivity contribution in [3.63, 3.8) is 0 Å². The molecule has 5 rings (SSSR count). The van der Waals surface area contributed by atoms with Crippen molar-refractivity contribution in [2.45, 2.75) is 30.8 Å². The maximum absolute atomic E-state index is 13.4. The minimum atomic E-state index is -4.40. The molecule has 0 aliphatic carbocycles. The van der Waals surface area contributed by atoms with E-state index in [1.54, 1.807) is 22.9 Å². The van der Waals surface area contributed by atoms with Gasteiger partial charge in [-0.3, -0.25) is 10.2 Å². The summed E-state index contributed by atoms with van der Waals surface area (Å²) in [6.45, 7) is 1.55. The molecule has 2 aromatic heterocycles. The average molecular weight is 682 g/mol. The van der Waals surface area contributed by atoms with Gasteiger partial charge in [-0.25, -0.2) is 9.69 Å². The van der Waals surface area contributed by atoms with E-state index >= 15 is 0 Å². The number of aromatic nitrogens is 2. The number of amides is 1. The van der Waals surface area contributed by atoms with Gasteiger partial charge in [0.15, 0.2) is 5.69 Å². The molecule has 1 fully saturated rings. The SMILES string of the molecule is O=C(NN1CCCCC1)c1nn(-c2ccc(Cl)cc2Cl)c(-c2ccc(C#Cc3ccc(C(F)(F)F)cc3)s2)c1CBr. The number of hydrazine groups is 1. The van der Waals surface area contributed by atoms with Gasteiger partial charge >= 0.3 is 6.18 Å². The second-order valence-electron chi connectivity index (χ2n) is 9.29. The highest BCUT2D eigenvalue weighted by Crippen LogP contribution is 2.37. The largest absolute Gasteiger partial charge is 0.416 e. The van der Waals surface area contributed by atoms with E-state index in [1.807, 2.05) is 17.1 Å². The van der Waals surface area contributed by atoms with E-state index in [1.165, 1.54) is 23.5 Å². The lowest BCUT2D eigenvalue weighted by Gasteiger charge is -2.26. The summed E-state index contributed by atoms with van der Waals surface area (Å²) in [5.74, 6) is 5.63. The highest BCUT2D eigenvalue weighted by molar-refractivity contribution is 9.08. The van der Waals surface area contributed by atoms with Crippen LogP contribution in [-0.2, 0) is 11.5 Å². The van der Waals surface area contributed by atoms with Crippen LogP contribution in [0.15, 0.2) is 54.6 Å². The molecule has 0 unspecified atom stereocenters. The predicted molar refractivity (Wildman–Crippen MR) is 160 cm³/mol. The highest BCUT2D eigenvalue weighted by Gasteiger charge is 2.30.